The van der Waals surface area contributed by atoms with Gasteiger partial charge in [0.25, 0.3) is 0 Å². The number of amides is 1. The molecular formula is C19H17BrCl2F3N5O. The van der Waals surface area contributed by atoms with Crippen molar-refractivity contribution in [3.8, 4) is 0 Å². The van der Waals surface area contributed by atoms with Crippen LogP contribution < -0.4 is 5.32 Å². The maximum atomic E-state index is 13.0. The maximum absolute atomic E-state index is 13.0. The van der Waals surface area contributed by atoms with E-state index in [9.17, 15) is 18.0 Å². The van der Waals surface area contributed by atoms with Gasteiger partial charge in [0, 0.05) is 33.8 Å². The molecule has 2 aromatic heterocycles. The van der Waals surface area contributed by atoms with Crippen LogP contribution in [-0.4, -0.2) is 25.5 Å². The summed E-state index contributed by atoms with van der Waals surface area (Å²) in [6.45, 7) is 3.62. The van der Waals surface area contributed by atoms with Gasteiger partial charge in [-0.3, -0.25) is 14.2 Å². The molecule has 31 heavy (non-hydrogen) atoms. The Labute approximate surface area is 194 Å². The number of rotatable bonds is 6. The van der Waals surface area contributed by atoms with E-state index in [-0.39, 0.29) is 23.1 Å². The Hall–Kier alpha value is -2.04. The molecule has 166 valence electrons. The van der Waals surface area contributed by atoms with E-state index in [0.717, 1.165) is 10.4 Å². The lowest BCUT2D eigenvalue weighted by atomic mass is 10.2. The first-order valence-corrected chi connectivity index (χ1v) is 10.6. The Kier molecular flexibility index (Phi) is 7.02. The molecule has 3 aromatic rings. The Balaban J connectivity index is 1.65. The first kappa shape index (κ1) is 23.6. The highest BCUT2D eigenvalue weighted by Gasteiger charge is 2.37. The second-order valence-corrected chi connectivity index (χ2v) is 8.40. The zero-order valence-electron chi connectivity index (χ0n) is 16.4. The topological polar surface area (TPSA) is 64.7 Å². The number of nitrogens with one attached hydrogen (secondary N) is 1. The highest BCUT2D eigenvalue weighted by atomic mass is 79.9. The summed E-state index contributed by atoms with van der Waals surface area (Å²) in [5.41, 5.74) is 0.748. The maximum Gasteiger partial charge on any atom is 0.436 e. The predicted molar refractivity (Wildman–Crippen MR) is 115 cm³/mol. The summed E-state index contributed by atoms with van der Waals surface area (Å²) >= 11 is 15.3. The fourth-order valence-corrected chi connectivity index (χ4v) is 3.93. The number of aryl methyl sites for hydroxylation is 2. The van der Waals surface area contributed by atoms with E-state index in [2.05, 4.69) is 31.4 Å². The molecule has 0 aliphatic rings. The zero-order valence-corrected chi connectivity index (χ0v) is 19.5. The lowest BCUT2D eigenvalue weighted by Gasteiger charge is -2.08. The largest absolute Gasteiger partial charge is 0.436 e. The number of aromatic nitrogens is 4. The van der Waals surface area contributed by atoms with Crippen molar-refractivity contribution in [2.45, 2.75) is 39.5 Å². The van der Waals surface area contributed by atoms with Gasteiger partial charge in [0.15, 0.2) is 11.5 Å². The number of hydrogen-bond donors (Lipinski definition) is 1. The highest BCUT2D eigenvalue weighted by molar-refractivity contribution is 9.10. The summed E-state index contributed by atoms with van der Waals surface area (Å²) in [5.74, 6) is -0.0833. The van der Waals surface area contributed by atoms with Gasteiger partial charge in [0.1, 0.15) is 0 Å². The van der Waals surface area contributed by atoms with Crippen molar-refractivity contribution < 1.29 is 18.0 Å². The minimum Gasteiger partial charge on any atom is -0.309 e. The molecule has 3 rings (SSSR count). The van der Waals surface area contributed by atoms with Crippen LogP contribution in [0.25, 0.3) is 0 Å². The third-order valence-electron chi connectivity index (χ3n) is 4.57. The van der Waals surface area contributed by atoms with Crippen molar-refractivity contribution in [2.24, 2.45) is 0 Å². The Bertz CT molecular complexity index is 1110. The average molecular weight is 539 g/mol. The van der Waals surface area contributed by atoms with Crippen LogP contribution in [0, 0.1) is 13.8 Å². The van der Waals surface area contributed by atoms with E-state index in [1.54, 1.807) is 28.9 Å². The minimum absolute atomic E-state index is 0.0126. The Morgan fingerprint density at radius 1 is 1.16 bits per heavy atom. The molecule has 12 heteroatoms. The molecule has 2 heterocycles. The molecule has 0 radical (unpaired) electrons. The first-order valence-electron chi connectivity index (χ1n) is 9.04. The van der Waals surface area contributed by atoms with Crippen molar-refractivity contribution in [3.63, 3.8) is 0 Å². The van der Waals surface area contributed by atoms with E-state index in [1.807, 2.05) is 6.92 Å². The number of alkyl halides is 3. The summed E-state index contributed by atoms with van der Waals surface area (Å²) in [7, 11) is 0. The van der Waals surface area contributed by atoms with Gasteiger partial charge in [-0.15, -0.1) is 0 Å². The van der Waals surface area contributed by atoms with Crippen LogP contribution in [0.4, 0.5) is 19.0 Å². The van der Waals surface area contributed by atoms with Crippen molar-refractivity contribution >= 4 is 50.9 Å². The van der Waals surface area contributed by atoms with Gasteiger partial charge in [-0.2, -0.15) is 23.4 Å². The number of nitrogens with zero attached hydrogens (tertiary/aromatic N) is 4. The van der Waals surface area contributed by atoms with Crippen molar-refractivity contribution in [2.75, 3.05) is 5.32 Å². The van der Waals surface area contributed by atoms with E-state index < -0.39 is 17.8 Å². The summed E-state index contributed by atoms with van der Waals surface area (Å²) in [6, 6.07) is 6.88. The van der Waals surface area contributed by atoms with Gasteiger partial charge in [0.2, 0.25) is 5.91 Å². The molecule has 0 fully saturated rings. The molecular weight excluding hydrogens is 522 g/mol. The standard InChI is InChI=1S/C19H17BrCl2F3N5O/c1-10-8-15(27-30(10)9-12-13(21)4-3-5-14(12)22)26-16(31)6-7-29-11(2)17(20)18(28-29)19(23,24)25/h3-5,8H,6-7,9H2,1-2H3,(H,26,27,31). The van der Waals surface area contributed by atoms with Gasteiger partial charge < -0.3 is 5.32 Å². The monoisotopic (exact) mass is 537 g/mol. The van der Waals surface area contributed by atoms with Crippen molar-refractivity contribution in [3.05, 3.63) is 61.4 Å². The van der Waals surface area contributed by atoms with Gasteiger partial charge in [-0.25, -0.2) is 0 Å². The molecule has 0 unspecified atom stereocenters. The molecule has 1 amide bonds. The van der Waals surface area contributed by atoms with Crippen LogP contribution in [-0.2, 0) is 24.1 Å². The van der Waals surface area contributed by atoms with Crippen LogP contribution in [0.1, 0.15) is 29.1 Å². The summed E-state index contributed by atoms with van der Waals surface area (Å²) in [4.78, 5) is 12.3. The van der Waals surface area contributed by atoms with Gasteiger partial charge in [-0.05, 0) is 41.9 Å². The SMILES string of the molecule is Cc1cc(NC(=O)CCn2nc(C(F)(F)F)c(Br)c2C)nn1Cc1c(Cl)cccc1Cl. The predicted octanol–water partition coefficient (Wildman–Crippen LogP) is 5.86. The molecule has 0 spiro atoms. The van der Waals surface area contributed by atoms with Gasteiger partial charge in [-0.1, -0.05) is 29.3 Å². The van der Waals surface area contributed by atoms with Crippen molar-refractivity contribution in [1.29, 1.82) is 0 Å². The van der Waals surface area contributed by atoms with Crippen LogP contribution in [0.3, 0.4) is 0 Å². The fraction of sp³-hybridized carbons (Fsp3) is 0.316. The second-order valence-electron chi connectivity index (χ2n) is 6.80. The van der Waals surface area contributed by atoms with E-state index in [4.69, 9.17) is 23.2 Å². The fourth-order valence-electron chi connectivity index (χ4n) is 2.90. The number of hydrogen-bond acceptors (Lipinski definition) is 3. The van der Waals surface area contributed by atoms with Gasteiger partial charge >= 0.3 is 6.18 Å². The second kappa shape index (κ2) is 9.22. The number of anilines is 1. The van der Waals surface area contributed by atoms with Crippen molar-refractivity contribution in [1.82, 2.24) is 19.6 Å². The zero-order chi connectivity index (χ0) is 22.9. The minimum atomic E-state index is -4.58. The third-order valence-corrected chi connectivity index (χ3v) is 6.23. The normalized spacial score (nSPS) is 11.7. The van der Waals surface area contributed by atoms with Crippen LogP contribution in [0.5, 0.6) is 0 Å². The lowest BCUT2D eigenvalue weighted by molar-refractivity contribution is -0.142. The average Bonchev–Trinajstić information content (AvgIpc) is 3.16. The molecule has 1 aromatic carbocycles. The number of halogens is 6. The molecule has 0 aliphatic carbocycles. The number of benzene rings is 1. The first-order chi connectivity index (χ1) is 14.5. The molecule has 0 bridgehead atoms. The van der Waals surface area contributed by atoms with Crippen LogP contribution in [0.15, 0.2) is 28.7 Å². The molecule has 6 nitrogen and oxygen atoms in total. The van der Waals surface area contributed by atoms with E-state index >= 15 is 0 Å². The van der Waals surface area contributed by atoms with Gasteiger partial charge in [0.05, 0.1) is 23.3 Å². The molecule has 0 atom stereocenters. The van der Waals surface area contributed by atoms with E-state index in [1.165, 1.54) is 6.92 Å². The van der Waals surface area contributed by atoms with E-state index in [0.29, 0.717) is 28.0 Å². The highest BCUT2D eigenvalue weighted by Crippen LogP contribution is 2.35. The van der Waals surface area contributed by atoms with Crippen LogP contribution in [0.2, 0.25) is 10.0 Å². The summed E-state index contributed by atoms with van der Waals surface area (Å²) < 4.78 is 41.6. The number of carbonyl (C=O) groups is 1. The third kappa shape index (κ3) is 5.42. The lowest BCUT2D eigenvalue weighted by Crippen LogP contribution is -2.16. The smallest absolute Gasteiger partial charge is 0.309 e. The molecule has 0 saturated carbocycles. The Morgan fingerprint density at radius 2 is 1.81 bits per heavy atom. The molecule has 1 N–H and O–H groups in total. The summed E-state index contributed by atoms with van der Waals surface area (Å²) in [6.07, 6.45) is -4.65. The number of carbonyl (C=O) groups excluding carboxylic acids is 1. The van der Waals surface area contributed by atoms with Crippen LogP contribution >= 0.6 is 39.1 Å². The molecule has 0 aliphatic heterocycles. The quantitative estimate of drug-likeness (QED) is 0.427. The molecule has 0 saturated heterocycles. The summed E-state index contributed by atoms with van der Waals surface area (Å²) in [5, 5.41) is 11.6. The Morgan fingerprint density at radius 3 is 2.39 bits per heavy atom.